The minimum absolute atomic E-state index is 0.219. The normalized spacial score (nSPS) is 12.9. The maximum atomic E-state index is 6.36. The minimum atomic E-state index is -0.219. The van der Waals surface area contributed by atoms with E-state index in [0.29, 0.717) is 0 Å². The van der Waals surface area contributed by atoms with Crippen molar-refractivity contribution in [3.8, 4) is 0 Å². The van der Waals surface area contributed by atoms with Gasteiger partial charge in [0.05, 0.1) is 6.04 Å². The summed E-state index contributed by atoms with van der Waals surface area (Å²) >= 11 is 0. The Morgan fingerprint density at radius 3 is 2.61 bits per heavy atom. The van der Waals surface area contributed by atoms with Crippen LogP contribution in [0.1, 0.15) is 47.9 Å². The lowest BCUT2D eigenvalue weighted by molar-refractivity contribution is 0.496. The first-order chi connectivity index (χ1) is 8.56. The zero-order chi connectivity index (χ0) is 13.3. The van der Waals surface area contributed by atoms with E-state index in [1.807, 2.05) is 33.2 Å². The Hall–Kier alpha value is -1.55. The molecule has 2 N–H and O–H groups in total. The molecule has 0 aliphatic rings. The van der Waals surface area contributed by atoms with Gasteiger partial charge < -0.3 is 14.7 Å². The zero-order valence-corrected chi connectivity index (χ0v) is 11.5. The molecule has 0 radical (unpaired) electrons. The van der Waals surface area contributed by atoms with Gasteiger partial charge in [-0.05, 0) is 32.8 Å². The summed E-state index contributed by atoms with van der Waals surface area (Å²) in [6.07, 6.45) is 4.86. The second kappa shape index (κ2) is 4.98. The third-order valence-electron chi connectivity index (χ3n) is 3.42. The van der Waals surface area contributed by atoms with Crippen LogP contribution in [0.3, 0.4) is 0 Å². The van der Waals surface area contributed by atoms with Crippen molar-refractivity contribution < 1.29 is 4.42 Å². The Labute approximate surface area is 108 Å². The summed E-state index contributed by atoms with van der Waals surface area (Å²) in [5, 5.41) is 0. The van der Waals surface area contributed by atoms with Crippen molar-refractivity contribution >= 4 is 0 Å². The Morgan fingerprint density at radius 1 is 1.33 bits per heavy atom. The topological polar surface area (TPSA) is 57.0 Å². The van der Waals surface area contributed by atoms with Crippen LogP contribution >= 0.6 is 0 Å². The number of hydrogen-bond acceptors (Lipinski definition) is 3. The number of nitrogens with two attached hydrogens (primary N) is 1. The molecule has 2 aromatic rings. The molecule has 1 unspecified atom stereocenters. The third-order valence-corrected chi connectivity index (χ3v) is 3.42. The maximum absolute atomic E-state index is 6.36. The third kappa shape index (κ3) is 2.08. The van der Waals surface area contributed by atoms with Crippen LogP contribution in [0.4, 0.5) is 0 Å². The van der Waals surface area contributed by atoms with Gasteiger partial charge in [0.15, 0.2) is 0 Å². The number of nitrogens with zero attached hydrogens (tertiary/aromatic N) is 2. The van der Waals surface area contributed by atoms with Crippen molar-refractivity contribution in [2.45, 2.75) is 46.7 Å². The molecule has 4 nitrogen and oxygen atoms in total. The molecular formula is C14H21N3O. The molecule has 0 bridgehead atoms. The van der Waals surface area contributed by atoms with E-state index in [1.165, 1.54) is 0 Å². The second-order valence-electron chi connectivity index (χ2n) is 4.71. The molecule has 0 fully saturated rings. The fraction of sp³-hybridized carbons (Fsp3) is 0.500. The van der Waals surface area contributed by atoms with Gasteiger partial charge in [-0.1, -0.05) is 6.92 Å². The lowest BCUT2D eigenvalue weighted by Crippen LogP contribution is -2.19. The van der Waals surface area contributed by atoms with Gasteiger partial charge in [0.25, 0.3) is 0 Å². The molecule has 2 aromatic heterocycles. The number of furan rings is 1. The monoisotopic (exact) mass is 247 g/mol. The van der Waals surface area contributed by atoms with Crippen LogP contribution in [0.15, 0.2) is 16.8 Å². The lowest BCUT2D eigenvalue weighted by Gasteiger charge is -2.14. The largest absolute Gasteiger partial charge is 0.466 e. The van der Waals surface area contributed by atoms with Crippen LogP contribution in [0.2, 0.25) is 0 Å². The molecule has 98 valence electrons. The Morgan fingerprint density at radius 2 is 2.06 bits per heavy atom. The standard InChI is InChI=1S/C14H21N3O/c1-5-7-17-8-6-16-14(17)13(15)12-9(2)10(3)18-11(12)4/h6,8,13H,5,7,15H2,1-4H3. The first-order valence-electron chi connectivity index (χ1n) is 6.39. The van der Waals surface area contributed by atoms with Crippen molar-refractivity contribution in [2.24, 2.45) is 5.73 Å². The fourth-order valence-electron chi connectivity index (χ4n) is 2.43. The number of imidazole rings is 1. The minimum Gasteiger partial charge on any atom is -0.466 e. The van der Waals surface area contributed by atoms with Crippen LogP contribution in [-0.2, 0) is 6.54 Å². The fourth-order valence-corrected chi connectivity index (χ4v) is 2.43. The SMILES string of the molecule is CCCn1ccnc1C(N)c1c(C)oc(C)c1C. The molecule has 0 aliphatic heterocycles. The zero-order valence-electron chi connectivity index (χ0n) is 11.5. The highest BCUT2D eigenvalue weighted by molar-refractivity contribution is 5.37. The van der Waals surface area contributed by atoms with Gasteiger partial charge in [-0.3, -0.25) is 0 Å². The summed E-state index contributed by atoms with van der Waals surface area (Å²) in [5.74, 6) is 2.74. The summed E-state index contributed by atoms with van der Waals surface area (Å²) in [6.45, 7) is 9.07. The number of aryl methyl sites for hydroxylation is 3. The van der Waals surface area contributed by atoms with E-state index in [9.17, 15) is 0 Å². The van der Waals surface area contributed by atoms with E-state index in [0.717, 1.165) is 41.4 Å². The molecule has 1 atom stereocenters. The first-order valence-corrected chi connectivity index (χ1v) is 6.39. The van der Waals surface area contributed by atoms with Crippen molar-refractivity contribution in [1.29, 1.82) is 0 Å². The molecule has 0 saturated carbocycles. The van der Waals surface area contributed by atoms with Crippen molar-refractivity contribution in [3.63, 3.8) is 0 Å². The number of rotatable bonds is 4. The second-order valence-corrected chi connectivity index (χ2v) is 4.71. The molecule has 4 heteroatoms. The highest BCUT2D eigenvalue weighted by Gasteiger charge is 2.22. The molecule has 0 aromatic carbocycles. The van der Waals surface area contributed by atoms with Gasteiger partial charge in [-0.25, -0.2) is 4.98 Å². The predicted molar refractivity (Wildman–Crippen MR) is 71.5 cm³/mol. The quantitative estimate of drug-likeness (QED) is 0.903. The summed E-state index contributed by atoms with van der Waals surface area (Å²) < 4.78 is 7.76. The summed E-state index contributed by atoms with van der Waals surface area (Å²) in [4.78, 5) is 4.40. The van der Waals surface area contributed by atoms with E-state index < -0.39 is 0 Å². The highest BCUT2D eigenvalue weighted by Crippen LogP contribution is 2.29. The number of hydrogen-bond donors (Lipinski definition) is 1. The van der Waals surface area contributed by atoms with Gasteiger partial charge in [0, 0.05) is 24.5 Å². The van der Waals surface area contributed by atoms with Crippen LogP contribution in [-0.4, -0.2) is 9.55 Å². The van der Waals surface area contributed by atoms with Crippen LogP contribution in [0.5, 0.6) is 0 Å². The Kier molecular flexibility index (Phi) is 3.57. The van der Waals surface area contributed by atoms with Crippen LogP contribution < -0.4 is 5.73 Å². The Balaban J connectivity index is 2.41. The smallest absolute Gasteiger partial charge is 0.130 e. The summed E-state index contributed by atoms with van der Waals surface area (Å²) in [5.41, 5.74) is 8.56. The molecule has 0 spiro atoms. The first kappa shape index (κ1) is 12.9. The van der Waals surface area contributed by atoms with Crippen molar-refractivity contribution in [3.05, 3.63) is 40.9 Å². The van der Waals surface area contributed by atoms with Crippen LogP contribution in [0, 0.1) is 20.8 Å². The van der Waals surface area contributed by atoms with E-state index in [-0.39, 0.29) is 6.04 Å². The van der Waals surface area contributed by atoms with Gasteiger partial charge in [-0.2, -0.15) is 0 Å². The highest BCUT2D eigenvalue weighted by atomic mass is 16.3. The van der Waals surface area contributed by atoms with E-state index in [4.69, 9.17) is 10.2 Å². The average molecular weight is 247 g/mol. The van der Waals surface area contributed by atoms with Crippen molar-refractivity contribution in [1.82, 2.24) is 9.55 Å². The molecule has 2 rings (SSSR count). The average Bonchev–Trinajstić information content (AvgIpc) is 2.86. The molecule has 0 saturated heterocycles. The van der Waals surface area contributed by atoms with Crippen molar-refractivity contribution in [2.75, 3.05) is 0 Å². The molecule has 0 amide bonds. The summed E-state index contributed by atoms with van der Waals surface area (Å²) in [7, 11) is 0. The van der Waals surface area contributed by atoms with Gasteiger partial charge in [0.2, 0.25) is 0 Å². The Bertz CT molecular complexity index is 539. The molecule has 0 aliphatic carbocycles. The van der Waals surface area contributed by atoms with Gasteiger partial charge in [-0.15, -0.1) is 0 Å². The number of aromatic nitrogens is 2. The van der Waals surface area contributed by atoms with Gasteiger partial charge >= 0.3 is 0 Å². The summed E-state index contributed by atoms with van der Waals surface area (Å²) in [6, 6.07) is -0.219. The predicted octanol–water partition coefficient (Wildman–Crippen LogP) is 2.86. The van der Waals surface area contributed by atoms with Gasteiger partial charge in [0.1, 0.15) is 17.3 Å². The maximum Gasteiger partial charge on any atom is 0.130 e. The van der Waals surface area contributed by atoms with Crippen LogP contribution in [0.25, 0.3) is 0 Å². The molecule has 18 heavy (non-hydrogen) atoms. The lowest BCUT2D eigenvalue weighted by atomic mass is 10.0. The molecular weight excluding hydrogens is 226 g/mol. The van der Waals surface area contributed by atoms with E-state index in [2.05, 4.69) is 16.5 Å². The van der Waals surface area contributed by atoms with E-state index in [1.54, 1.807) is 0 Å². The van der Waals surface area contributed by atoms with E-state index >= 15 is 0 Å². The molecule has 2 heterocycles.